The maximum absolute atomic E-state index is 13.3. The Morgan fingerprint density at radius 2 is 1.65 bits per heavy atom. The van der Waals surface area contributed by atoms with Gasteiger partial charge in [-0.15, -0.1) is 0 Å². The van der Waals surface area contributed by atoms with Gasteiger partial charge in [-0.1, -0.05) is 0 Å². The third-order valence-electron chi connectivity index (χ3n) is 4.42. The second kappa shape index (κ2) is 6.26. The summed E-state index contributed by atoms with van der Waals surface area (Å²) in [6.07, 6.45) is 0. The molecular formula is C17H17FN4O3S. The highest BCUT2D eigenvalue weighted by atomic mass is 32.2. The standard InChI is InChI=1S/C17H17FN4O3S/c18-12-1-6-15-16(11-12)25-17(20-15)22-9-7-21(8-10-22)13-2-4-14(5-3-13)26(19,23)24/h1-6,11H,7-10H2,(H2,19,23,24). The monoisotopic (exact) mass is 376 g/mol. The molecule has 4 rings (SSSR count). The number of nitrogens with two attached hydrogens (primary N) is 1. The number of piperazine rings is 1. The highest BCUT2D eigenvalue weighted by Crippen LogP contribution is 2.25. The summed E-state index contributed by atoms with van der Waals surface area (Å²) in [5.74, 6) is -0.354. The van der Waals surface area contributed by atoms with E-state index < -0.39 is 10.0 Å². The lowest BCUT2D eigenvalue weighted by molar-refractivity contribution is 0.539. The average Bonchev–Trinajstić information content (AvgIpc) is 3.04. The fraction of sp³-hybridized carbons (Fsp3) is 0.235. The number of fused-ring (bicyclic) bond motifs is 1. The van der Waals surface area contributed by atoms with Crippen molar-refractivity contribution in [2.75, 3.05) is 36.0 Å². The van der Waals surface area contributed by atoms with Gasteiger partial charge in [0.15, 0.2) is 5.58 Å². The van der Waals surface area contributed by atoms with Crippen LogP contribution < -0.4 is 14.9 Å². The summed E-state index contributed by atoms with van der Waals surface area (Å²) < 4.78 is 41.6. The smallest absolute Gasteiger partial charge is 0.298 e. The number of benzene rings is 2. The molecule has 7 nitrogen and oxygen atoms in total. The summed E-state index contributed by atoms with van der Waals surface area (Å²) >= 11 is 0. The van der Waals surface area contributed by atoms with Gasteiger partial charge in [-0.2, -0.15) is 4.98 Å². The highest BCUT2D eigenvalue weighted by molar-refractivity contribution is 7.89. The van der Waals surface area contributed by atoms with Crippen LogP contribution in [-0.2, 0) is 10.0 Å². The van der Waals surface area contributed by atoms with Gasteiger partial charge < -0.3 is 14.2 Å². The molecule has 26 heavy (non-hydrogen) atoms. The van der Waals surface area contributed by atoms with Crippen molar-refractivity contribution in [1.82, 2.24) is 4.98 Å². The Hall–Kier alpha value is -2.65. The molecule has 1 saturated heterocycles. The summed E-state index contributed by atoms with van der Waals surface area (Å²) in [5.41, 5.74) is 1.99. The Morgan fingerprint density at radius 1 is 1.00 bits per heavy atom. The molecule has 3 aromatic rings. The molecule has 0 amide bonds. The minimum atomic E-state index is -3.69. The normalized spacial score (nSPS) is 15.6. The third-order valence-corrected chi connectivity index (χ3v) is 5.35. The van der Waals surface area contributed by atoms with Crippen LogP contribution in [0.1, 0.15) is 0 Å². The molecule has 1 aromatic heterocycles. The molecule has 0 aliphatic carbocycles. The second-order valence-corrected chi connectivity index (χ2v) is 7.68. The van der Waals surface area contributed by atoms with E-state index in [4.69, 9.17) is 9.56 Å². The molecule has 0 atom stereocenters. The molecule has 1 fully saturated rings. The molecule has 0 radical (unpaired) electrons. The molecule has 0 spiro atoms. The quantitative estimate of drug-likeness (QED) is 0.751. The molecule has 9 heteroatoms. The van der Waals surface area contributed by atoms with Crippen LogP contribution >= 0.6 is 0 Å². The van der Waals surface area contributed by atoms with Crippen LogP contribution in [0.3, 0.4) is 0 Å². The summed E-state index contributed by atoms with van der Waals surface area (Å²) in [6, 6.07) is 11.3. The van der Waals surface area contributed by atoms with Crippen LogP contribution in [-0.4, -0.2) is 39.6 Å². The fourth-order valence-electron chi connectivity index (χ4n) is 3.02. The molecule has 136 valence electrons. The second-order valence-electron chi connectivity index (χ2n) is 6.12. The number of nitrogens with zero attached hydrogens (tertiary/aromatic N) is 3. The number of anilines is 2. The zero-order valence-corrected chi connectivity index (χ0v) is 14.6. The molecule has 2 N–H and O–H groups in total. The Bertz CT molecular complexity index is 1040. The fourth-order valence-corrected chi connectivity index (χ4v) is 3.54. The highest BCUT2D eigenvalue weighted by Gasteiger charge is 2.21. The zero-order valence-electron chi connectivity index (χ0n) is 13.8. The number of aromatic nitrogens is 1. The van der Waals surface area contributed by atoms with Gasteiger partial charge in [0, 0.05) is 37.9 Å². The van der Waals surface area contributed by atoms with Crippen molar-refractivity contribution in [3.05, 3.63) is 48.3 Å². The molecule has 2 aromatic carbocycles. The Balaban J connectivity index is 1.46. The van der Waals surface area contributed by atoms with Gasteiger partial charge >= 0.3 is 0 Å². The van der Waals surface area contributed by atoms with E-state index in [-0.39, 0.29) is 10.7 Å². The zero-order chi connectivity index (χ0) is 18.3. The topological polar surface area (TPSA) is 92.7 Å². The van der Waals surface area contributed by atoms with Gasteiger partial charge in [-0.05, 0) is 36.4 Å². The van der Waals surface area contributed by atoms with E-state index in [9.17, 15) is 12.8 Å². The molecule has 0 bridgehead atoms. The number of primary sulfonamides is 1. The summed E-state index contributed by atoms with van der Waals surface area (Å²) in [4.78, 5) is 8.65. The number of hydrogen-bond donors (Lipinski definition) is 1. The van der Waals surface area contributed by atoms with Crippen molar-refractivity contribution in [2.24, 2.45) is 5.14 Å². The number of sulfonamides is 1. The molecule has 2 heterocycles. The SMILES string of the molecule is NS(=O)(=O)c1ccc(N2CCN(c3nc4ccc(F)cc4o3)CC2)cc1. The van der Waals surface area contributed by atoms with Gasteiger partial charge in [-0.25, -0.2) is 17.9 Å². The van der Waals surface area contributed by atoms with Crippen molar-refractivity contribution < 1.29 is 17.2 Å². The first-order valence-electron chi connectivity index (χ1n) is 8.09. The van der Waals surface area contributed by atoms with Crippen LogP contribution in [0.15, 0.2) is 51.8 Å². The number of oxazole rings is 1. The lowest BCUT2D eigenvalue weighted by Gasteiger charge is -2.35. The van der Waals surface area contributed by atoms with E-state index in [1.165, 1.54) is 24.3 Å². The van der Waals surface area contributed by atoms with E-state index in [2.05, 4.69) is 9.88 Å². The maximum Gasteiger partial charge on any atom is 0.298 e. The largest absolute Gasteiger partial charge is 0.423 e. The van der Waals surface area contributed by atoms with Gasteiger partial charge in [0.25, 0.3) is 6.01 Å². The minimum Gasteiger partial charge on any atom is -0.423 e. The van der Waals surface area contributed by atoms with Crippen LogP contribution in [0.4, 0.5) is 16.1 Å². The number of rotatable bonds is 3. The summed E-state index contributed by atoms with van der Waals surface area (Å²) in [5, 5.41) is 5.12. The van der Waals surface area contributed by atoms with Crippen LogP contribution in [0, 0.1) is 5.82 Å². The van der Waals surface area contributed by atoms with Gasteiger partial charge in [0.1, 0.15) is 11.3 Å². The molecular weight excluding hydrogens is 359 g/mol. The predicted molar refractivity (Wildman–Crippen MR) is 96.2 cm³/mol. The first kappa shape index (κ1) is 16.8. The van der Waals surface area contributed by atoms with Gasteiger partial charge in [0.05, 0.1) is 4.90 Å². The number of halogens is 1. The van der Waals surface area contributed by atoms with Crippen molar-refractivity contribution >= 4 is 32.8 Å². The Morgan fingerprint density at radius 3 is 2.31 bits per heavy atom. The lowest BCUT2D eigenvalue weighted by atomic mass is 10.2. The van der Waals surface area contributed by atoms with Crippen molar-refractivity contribution in [3.63, 3.8) is 0 Å². The van der Waals surface area contributed by atoms with E-state index in [0.29, 0.717) is 30.2 Å². The lowest BCUT2D eigenvalue weighted by Crippen LogP contribution is -2.46. The Labute approximate surface area is 149 Å². The van der Waals surface area contributed by atoms with E-state index >= 15 is 0 Å². The predicted octanol–water partition coefficient (Wildman–Crippen LogP) is 1.94. The first-order valence-corrected chi connectivity index (χ1v) is 9.64. The molecule has 0 saturated carbocycles. The summed E-state index contributed by atoms with van der Waals surface area (Å²) in [7, 11) is -3.69. The van der Waals surface area contributed by atoms with E-state index in [1.54, 1.807) is 18.2 Å². The van der Waals surface area contributed by atoms with Crippen LogP contribution in [0.5, 0.6) is 0 Å². The summed E-state index contributed by atoms with van der Waals surface area (Å²) in [6.45, 7) is 2.82. The molecule has 0 unspecified atom stereocenters. The third kappa shape index (κ3) is 3.23. The minimum absolute atomic E-state index is 0.0959. The van der Waals surface area contributed by atoms with Gasteiger partial charge in [0.2, 0.25) is 10.0 Å². The maximum atomic E-state index is 13.3. The molecule has 1 aliphatic heterocycles. The average molecular weight is 376 g/mol. The van der Waals surface area contributed by atoms with Crippen LogP contribution in [0.25, 0.3) is 11.1 Å². The molecule has 1 aliphatic rings. The van der Waals surface area contributed by atoms with E-state index in [1.807, 2.05) is 4.90 Å². The number of hydrogen-bond acceptors (Lipinski definition) is 6. The van der Waals surface area contributed by atoms with Gasteiger partial charge in [-0.3, -0.25) is 0 Å². The van der Waals surface area contributed by atoms with E-state index in [0.717, 1.165) is 18.8 Å². The first-order chi connectivity index (χ1) is 12.4. The Kier molecular flexibility index (Phi) is 4.04. The van der Waals surface area contributed by atoms with Crippen molar-refractivity contribution in [2.45, 2.75) is 4.90 Å². The van der Waals surface area contributed by atoms with Crippen molar-refractivity contribution in [1.29, 1.82) is 0 Å². The van der Waals surface area contributed by atoms with Crippen molar-refractivity contribution in [3.8, 4) is 0 Å². The van der Waals surface area contributed by atoms with Crippen LogP contribution in [0.2, 0.25) is 0 Å².